The minimum atomic E-state index is -0.574. The molecule has 1 heterocycles. The number of para-hydroxylation sites is 1. The molecule has 0 radical (unpaired) electrons. The normalized spacial score (nSPS) is 15.0. The van der Waals surface area contributed by atoms with Crippen molar-refractivity contribution in [2.75, 3.05) is 37.7 Å². The van der Waals surface area contributed by atoms with Gasteiger partial charge in [-0.15, -0.1) is 0 Å². The van der Waals surface area contributed by atoms with Crippen molar-refractivity contribution in [3.63, 3.8) is 0 Å². The second-order valence-electron chi connectivity index (χ2n) is 7.28. The third-order valence-electron chi connectivity index (χ3n) is 5.16. The summed E-state index contributed by atoms with van der Waals surface area (Å²) in [4.78, 5) is 29.1. The Morgan fingerprint density at radius 1 is 1.07 bits per heavy atom. The topological polar surface area (TPSA) is 61.9 Å². The number of carbonyl (C=O) groups is 2. The van der Waals surface area contributed by atoms with Gasteiger partial charge in [-0.05, 0) is 39.0 Å². The van der Waals surface area contributed by atoms with E-state index in [1.807, 2.05) is 57.2 Å². The van der Waals surface area contributed by atoms with Gasteiger partial charge < -0.3 is 19.9 Å². The van der Waals surface area contributed by atoms with Crippen molar-refractivity contribution < 1.29 is 14.3 Å². The van der Waals surface area contributed by atoms with Gasteiger partial charge in [0.1, 0.15) is 5.75 Å². The third kappa shape index (κ3) is 5.08. The number of nitrogens with one attached hydrogen (secondary N) is 1. The lowest BCUT2D eigenvalue weighted by atomic mass is 10.0. The highest BCUT2D eigenvalue weighted by molar-refractivity contribution is 6.35. The molecule has 0 spiro atoms. The molecule has 0 bridgehead atoms. The molecule has 0 saturated carbocycles. The largest absolute Gasteiger partial charge is 0.494 e. The van der Waals surface area contributed by atoms with Crippen LogP contribution in [0.1, 0.15) is 31.0 Å². The summed E-state index contributed by atoms with van der Waals surface area (Å²) in [6, 6.07) is 15.7. The lowest BCUT2D eigenvalue weighted by Crippen LogP contribution is -2.52. The van der Waals surface area contributed by atoms with Crippen LogP contribution in [-0.2, 0) is 9.59 Å². The minimum Gasteiger partial charge on any atom is -0.494 e. The summed E-state index contributed by atoms with van der Waals surface area (Å²) in [6.45, 7) is 8.82. The Bertz CT molecular complexity index is 846. The Morgan fingerprint density at radius 3 is 2.41 bits per heavy atom. The number of carbonyl (C=O) groups excluding carboxylic acids is 2. The maximum absolute atomic E-state index is 12.6. The zero-order valence-electron chi connectivity index (χ0n) is 17.4. The Hall–Kier alpha value is -3.02. The van der Waals surface area contributed by atoms with E-state index in [1.165, 1.54) is 0 Å². The summed E-state index contributed by atoms with van der Waals surface area (Å²) < 4.78 is 5.67. The van der Waals surface area contributed by atoms with Crippen LogP contribution in [0.2, 0.25) is 0 Å². The molecule has 1 atom stereocenters. The molecular formula is C23H29N3O3. The van der Waals surface area contributed by atoms with Crippen molar-refractivity contribution in [1.82, 2.24) is 10.2 Å². The predicted octanol–water partition coefficient (Wildman–Crippen LogP) is 2.92. The molecule has 6 heteroatoms. The number of benzene rings is 2. The number of nitrogens with zero attached hydrogens (tertiary/aromatic N) is 2. The van der Waals surface area contributed by atoms with Crippen LogP contribution in [0.4, 0.5) is 5.69 Å². The summed E-state index contributed by atoms with van der Waals surface area (Å²) in [5.41, 5.74) is 3.09. The SMILES string of the molecule is CCOc1ccc(C)cc1C(C)NC(=O)C(=O)N1CCN(c2ccccc2)CC1. The Kier molecular flexibility index (Phi) is 6.75. The zero-order chi connectivity index (χ0) is 20.8. The van der Waals surface area contributed by atoms with Crippen molar-refractivity contribution >= 4 is 17.5 Å². The lowest BCUT2D eigenvalue weighted by molar-refractivity contribution is -0.146. The average molecular weight is 396 g/mol. The molecule has 1 aliphatic heterocycles. The fourth-order valence-corrected chi connectivity index (χ4v) is 3.58. The van der Waals surface area contributed by atoms with Crippen LogP contribution in [-0.4, -0.2) is 49.5 Å². The van der Waals surface area contributed by atoms with Crippen LogP contribution in [0, 0.1) is 6.92 Å². The summed E-state index contributed by atoms with van der Waals surface area (Å²) in [7, 11) is 0. The van der Waals surface area contributed by atoms with E-state index in [1.54, 1.807) is 4.90 Å². The fourth-order valence-electron chi connectivity index (χ4n) is 3.58. The number of ether oxygens (including phenoxy) is 1. The Balaban J connectivity index is 1.58. The molecule has 0 aliphatic carbocycles. The molecule has 1 fully saturated rings. The molecule has 0 aromatic heterocycles. The van der Waals surface area contributed by atoms with Crippen LogP contribution in [0.5, 0.6) is 5.75 Å². The van der Waals surface area contributed by atoms with E-state index in [9.17, 15) is 9.59 Å². The molecule has 2 aromatic carbocycles. The van der Waals surface area contributed by atoms with Gasteiger partial charge in [-0.2, -0.15) is 0 Å². The van der Waals surface area contributed by atoms with Gasteiger partial charge >= 0.3 is 11.8 Å². The number of rotatable bonds is 5. The van der Waals surface area contributed by atoms with Gasteiger partial charge in [-0.1, -0.05) is 35.9 Å². The number of anilines is 1. The average Bonchev–Trinajstić information content (AvgIpc) is 2.75. The molecule has 154 valence electrons. The first kappa shape index (κ1) is 20.7. The fraction of sp³-hybridized carbons (Fsp3) is 0.391. The number of hydrogen-bond donors (Lipinski definition) is 1. The monoisotopic (exact) mass is 395 g/mol. The van der Waals surface area contributed by atoms with E-state index in [2.05, 4.69) is 22.3 Å². The molecule has 2 amide bonds. The smallest absolute Gasteiger partial charge is 0.312 e. The van der Waals surface area contributed by atoms with Crippen molar-refractivity contribution in [2.24, 2.45) is 0 Å². The van der Waals surface area contributed by atoms with E-state index in [-0.39, 0.29) is 6.04 Å². The first-order valence-electron chi connectivity index (χ1n) is 10.1. The van der Waals surface area contributed by atoms with E-state index in [0.717, 1.165) is 22.6 Å². The van der Waals surface area contributed by atoms with Crippen LogP contribution < -0.4 is 15.0 Å². The van der Waals surface area contributed by atoms with E-state index < -0.39 is 11.8 Å². The summed E-state index contributed by atoms with van der Waals surface area (Å²) in [5, 5.41) is 2.84. The van der Waals surface area contributed by atoms with Crippen LogP contribution in [0.3, 0.4) is 0 Å². The first-order chi connectivity index (χ1) is 14.0. The summed E-state index contributed by atoms with van der Waals surface area (Å²) in [5.74, 6) is -0.320. The van der Waals surface area contributed by atoms with Crippen LogP contribution in [0.15, 0.2) is 48.5 Å². The van der Waals surface area contributed by atoms with Gasteiger partial charge in [0.05, 0.1) is 12.6 Å². The Morgan fingerprint density at radius 2 is 1.76 bits per heavy atom. The molecule has 2 aromatic rings. The number of aryl methyl sites for hydroxylation is 1. The summed E-state index contributed by atoms with van der Waals surface area (Å²) >= 11 is 0. The highest BCUT2D eigenvalue weighted by Crippen LogP contribution is 2.26. The molecule has 1 unspecified atom stereocenters. The van der Waals surface area contributed by atoms with Crippen molar-refractivity contribution in [3.05, 3.63) is 59.7 Å². The molecule has 3 rings (SSSR count). The Labute approximate surface area is 172 Å². The first-order valence-corrected chi connectivity index (χ1v) is 10.1. The molecular weight excluding hydrogens is 366 g/mol. The van der Waals surface area contributed by atoms with E-state index in [4.69, 9.17) is 4.74 Å². The standard InChI is InChI=1S/C23H29N3O3/c1-4-29-21-11-10-17(2)16-20(21)18(3)24-22(27)23(28)26-14-12-25(13-15-26)19-8-6-5-7-9-19/h5-11,16,18H,4,12-15H2,1-3H3,(H,24,27). The summed E-state index contributed by atoms with van der Waals surface area (Å²) in [6.07, 6.45) is 0. The molecule has 1 N–H and O–H groups in total. The number of hydrogen-bond acceptors (Lipinski definition) is 4. The highest BCUT2D eigenvalue weighted by Gasteiger charge is 2.27. The van der Waals surface area contributed by atoms with Gasteiger partial charge in [0.2, 0.25) is 0 Å². The second-order valence-corrected chi connectivity index (χ2v) is 7.28. The molecule has 1 saturated heterocycles. The maximum Gasteiger partial charge on any atom is 0.312 e. The lowest BCUT2D eigenvalue weighted by Gasteiger charge is -2.35. The number of amides is 2. The maximum atomic E-state index is 12.6. The highest BCUT2D eigenvalue weighted by atomic mass is 16.5. The zero-order valence-corrected chi connectivity index (χ0v) is 17.4. The quantitative estimate of drug-likeness (QED) is 0.791. The van der Waals surface area contributed by atoms with Crippen LogP contribution in [0.25, 0.3) is 0 Å². The van der Waals surface area contributed by atoms with Gasteiger partial charge in [0.25, 0.3) is 0 Å². The van der Waals surface area contributed by atoms with Gasteiger partial charge in [0, 0.05) is 37.4 Å². The van der Waals surface area contributed by atoms with Crippen molar-refractivity contribution in [2.45, 2.75) is 26.8 Å². The number of piperazine rings is 1. The third-order valence-corrected chi connectivity index (χ3v) is 5.16. The predicted molar refractivity (Wildman–Crippen MR) is 114 cm³/mol. The molecule has 6 nitrogen and oxygen atoms in total. The second kappa shape index (κ2) is 9.45. The van der Waals surface area contributed by atoms with Crippen molar-refractivity contribution in [1.29, 1.82) is 0 Å². The van der Waals surface area contributed by atoms with E-state index in [0.29, 0.717) is 32.8 Å². The van der Waals surface area contributed by atoms with Gasteiger partial charge in [0.15, 0.2) is 0 Å². The minimum absolute atomic E-state index is 0.321. The van der Waals surface area contributed by atoms with Crippen LogP contribution >= 0.6 is 0 Å². The molecule has 1 aliphatic rings. The van der Waals surface area contributed by atoms with E-state index >= 15 is 0 Å². The van der Waals surface area contributed by atoms with Gasteiger partial charge in [-0.25, -0.2) is 0 Å². The van der Waals surface area contributed by atoms with Gasteiger partial charge in [-0.3, -0.25) is 9.59 Å². The van der Waals surface area contributed by atoms with Crippen molar-refractivity contribution in [3.8, 4) is 5.75 Å². The molecule has 29 heavy (non-hydrogen) atoms.